The van der Waals surface area contributed by atoms with E-state index in [-0.39, 0.29) is 0 Å². The molecule has 0 spiro atoms. The van der Waals surface area contributed by atoms with E-state index in [4.69, 9.17) is 21.1 Å². The smallest absolute Gasteiger partial charge is 0.292 e. The molecule has 2 rings (SSSR count). The maximum Gasteiger partial charge on any atom is 0.292 e. The fraction of sp³-hybridized carbons (Fsp3) is 0.455. The van der Waals surface area contributed by atoms with Gasteiger partial charge in [0.15, 0.2) is 12.4 Å². The number of nitrogens with zero attached hydrogens (tertiary/aromatic N) is 2. The molecule has 0 amide bonds. The van der Waals surface area contributed by atoms with Gasteiger partial charge in [0.25, 0.3) is 10.7 Å². The van der Waals surface area contributed by atoms with Gasteiger partial charge in [0.2, 0.25) is 0 Å². The lowest BCUT2D eigenvalue weighted by atomic mass is 10.5. The first-order valence-electron chi connectivity index (χ1n) is 5.70. The van der Waals surface area contributed by atoms with Crippen molar-refractivity contribution in [1.82, 2.24) is 9.78 Å². The van der Waals surface area contributed by atoms with Crippen LogP contribution in [0.1, 0.15) is 13.8 Å². The summed E-state index contributed by atoms with van der Waals surface area (Å²) < 4.78 is 12.3. The highest BCUT2D eigenvalue weighted by atomic mass is 32.1. The Morgan fingerprint density at radius 1 is 1.41 bits per heavy atom. The maximum atomic E-state index is 5.41. The Morgan fingerprint density at radius 2 is 2.18 bits per heavy atom. The Balaban J connectivity index is 2.22. The van der Waals surface area contributed by atoms with Crippen LogP contribution in [-0.4, -0.2) is 22.9 Å². The van der Waals surface area contributed by atoms with Crippen molar-refractivity contribution in [3.8, 4) is 11.7 Å². The average Bonchev–Trinajstić information content (AvgIpc) is 2.95. The highest BCUT2D eigenvalue weighted by Crippen LogP contribution is 2.17. The lowest BCUT2D eigenvalue weighted by molar-refractivity contribution is -0.920. The summed E-state index contributed by atoms with van der Waals surface area (Å²) in [7, 11) is 0. The maximum absolute atomic E-state index is 5.41. The molecule has 0 saturated heterocycles. The number of nitrogens with one attached hydrogen (secondary N) is 1. The minimum Gasteiger partial charge on any atom is -0.459 e. The van der Waals surface area contributed by atoms with Crippen molar-refractivity contribution in [3.05, 3.63) is 23.2 Å². The molecular formula is C11H16N3O2S+. The van der Waals surface area contributed by atoms with Gasteiger partial charge in [-0.05, 0) is 38.2 Å². The molecule has 92 valence electrons. The van der Waals surface area contributed by atoms with Crippen molar-refractivity contribution in [2.45, 2.75) is 20.5 Å². The summed E-state index contributed by atoms with van der Waals surface area (Å²) in [6.45, 7) is 7.05. The number of hydrogen-bond acceptors (Lipinski definition) is 4. The molecule has 0 bridgehead atoms. The molecule has 2 aromatic heterocycles. The Kier molecular flexibility index (Phi) is 3.75. The molecular weight excluding hydrogens is 238 g/mol. The first-order chi connectivity index (χ1) is 8.24. The van der Waals surface area contributed by atoms with Gasteiger partial charge in [0.05, 0.1) is 19.4 Å². The van der Waals surface area contributed by atoms with E-state index in [1.807, 2.05) is 0 Å². The molecule has 1 N–H and O–H groups in total. The van der Waals surface area contributed by atoms with Crippen LogP contribution in [0.15, 0.2) is 27.2 Å². The molecule has 0 aliphatic carbocycles. The zero-order valence-electron chi connectivity index (χ0n) is 9.97. The van der Waals surface area contributed by atoms with Gasteiger partial charge >= 0.3 is 0 Å². The van der Waals surface area contributed by atoms with Gasteiger partial charge in [-0.2, -0.15) is 4.68 Å². The second-order valence-electron chi connectivity index (χ2n) is 3.77. The van der Waals surface area contributed by atoms with E-state index in [9.17, 15) is 0 Å². The first kappa shape index (κ1) is 12.1. The van der Waals surface area contributed by atoms with E-state index in [1.165, 1.54) is 4.90 Å². The molecule has 0 unspecified atom stereocenters. The van der Waals surface area contributed by atoms with Crippen LogP contribution < -0.4 is 4.90 Å². The molecule has 0 aliphatic rings. The Hall–Kier alpha value is -1.40. The van der Waals surface area contributed by atoms with Crippen LogP contribution in [0, 0.1) is 4.84 Å². The molecule has 0 aromatic carbocycles. The predicted octanol–water partition coefficient (Wildman–Crippen LogP) is 1.35. The number of aromatic nitrogens is 2. The van der Waals surface area contributed by atoms with Gasteiger partial charge < -0.3 is 13.7 Å². The average molecular weight is 254 g/mol. The predicted molar refractivity (Wildman–Crippen MR) is 65.1 cm³/mol. The quantitative estimate of drug-likeness (QED) is 0.818. The van der Waals surface area contributed by atoms with E-state index in [0.29, 0.717) is 16.5 Å². The lowest BCUT2D eigenvalue weighted by Gasteiger charge is -2.13. The highest BCUT2D eigenvalue weighted by Gasteiger charge is 2.13. The van der Waals surface area contributed by atoms with Crippen LogP contribution >= 0.6 is 12.2 Å². The SMILES string of the molecule is CC[NH+](CC)Cn1nc(-c2ccco2)oc1=S. The monoisotopic (exact) mass is 254 g/mol. The van der Waals surface area contributed by atoms with Crippen LogP contribution in [0.2, 0.25) is 0 Å². The van der Waals surface area contributed by atoms with Crippen molar-refractivity contribution in [1.29, 1.82) is 0 Å². The topological polar surface area (TPSA) is 48.5 Å². The van der Waals surface area contributed by atoms with Crippen molar-refractivity contribution in [2.24, 2.45) is 0 Å². The minimum absolute atomic E-state index is 0.385. The lowest BCUT2D eigenvalue weighted by Crippen LogP contribution is -3.10. The van der Waals surface area contributed by atoms with Crippen LogP contribution in [0.4, 0.5) is 0 Å². The largest absolute Gasteiger partial charge is 0.459 e. The van der Waals surface area contributed by atoms with Crippen LogP contribution in [0.25, 0.3) is 11.7 Å². The van der Waals surface area contributed by atoms with Gasteiger partial charge in [-0.1, -0.05) is 0 Å². The summed E-state index contributed by atoms with van der Waals surface area (Å²) in [6.07, 6.45) is 1.59. The zero-order valence-corrected chi connectivity index (χ0v) is 10.8. The van der Waals surface area contributed by atoms with E-state index in [1.54, 1.807) is 23.1 Å². The van der Waals surface area contributed by atoms with E-state index in [0.717, 1.165) is 19.8 Å². The molecule has 0 atom stereocenters. The summed E-state index contributed by atoms with van der Waals surface area (Å²) in [5.41, 5.74) is 0. The molecule has 0 saturated carbocycles. The van der Waals surface area contributed by atoms with Crippen molar-refractivity contribution in [3.63, 3.8) is 0 Å². The second kappa shape index (κ2) is 5.29. The number of rotatable bonds is 5. The van der Waals surface area contributed by atoms with Crippen molar-refractivity contribution < 1.29 is 13.7 Å². The molecule has 17 heavy (non-hydrogen) atoms. The molecule has 0 radical (unpaired) electrons. The van der Waals surface area contributed by atoms with Gasteiger partial charge in [-0.25, -0.2) is 0 Å². The Bertz CT molecular complexity index is 511. The number of quaternary nitrogens is 1. The van der Waals surface area contributed by atoms with E-state index in [2.05, 4.69) is 18.9 Å². The van der Waals surface area contributed by atoms with Crippen LogP contribution in [-0.2, 0) is 6.67 Å². The molecule has 0 fully saturated rings. The molecule has 0 aliphatic heterocycles. The normalized spacial score (nSPS) is 11.2. The van der Waals surface area contributed by atoms with Gasteiger partial charge in [0, 0.05) is 0 Å². The van der Waals surface area contributed by atoms with Crippen molar-refractivity contribution in [2.75, 3.05) is 13.1 Å². The van der Waals surface area contributed by atoms with Crippen LogP contribution in [0.3, 0.4) is 0 Å². The third-order valence-electron chi connectivity index (χ3n) is 2.71. The van der Waals surface area contributed by atoms with E-state index >= 15 is 0 Å². The van der Waals surface area contributed by atoms with Gasteiger partial charge in [-0.15, -0.1) is 5.10 Å². The third-order valence-corrected chi connectivity index (χ3v) is 3.01. The standard InChI is InChI=1S/C11H15N3O2S/c1-3-13(4-2)8-14-11(17)16-10(12-14)9-6-5-7-15-9/h5-7H,3-4,8H2,1-2H3/p+1. The highest BCUT2D eigenvalue weighted by molar-refractivity contribution is 7.71. The third kappa shape index (κ3) is 2.65. The van der Waals surface area contributed by atoms with E-state index < -0.39 is 0 Å². The summed E-state index contributed by atoms with van der Waals surface area (Å²) in [5, 5.41) is 4.32. The zero-order chi connectivity index (χ0) is 12.3. The summed E-state index contributed by atoms with van der Waals surface area (Å²) in [6, 6.07) is 3.60. The summed E-state index contributed by atoms with van der Waals surface area (Å²) >= 11 is 5.14. The van der Waals surface area contributed by atoms with Crippen molar-refractivity contribution >= 4 is 12.2 Å². The van der Waals surface area contributed by atoms with Gasteiger partial charge in [-0.3, -0.25) is 0 Å². The fourth-order valence-electron chi connectivity index (χ4n) is 1.59. The molecule has 2 heterocycles. The first-order valence-corrected chi connectivity index (χ1v) is 6.10. The van der Waals surface area contributed by atoms with Gasteiger partial charge in [0.1, 0.15) is 0 Å². The summed E-state index contributed by atoms with van der Waals surface area (Å²) in [4.78, 5) is 1.77. The Labute approximate surface area is 105 Å². The molecule has 5 nitrogen and oxygen atoms in total. The number of furan rings is 1. The van der Waals surface area contributed by atoms with Crippen LogP contribution in [0.5, 0.6) is 0 Å². The minimum atomic E-state index is 0.385. The molecule has 2 aromatic rings. The summed E-state index contributed by atoms with van der Waals surface area (Å²) in [5.74, 6) is 1.04. The second-order valence-corrected chi connectivity index (χ2v) is 4.11. The Morgan fingerprint density at radius 3 is 2.76 bits per heavy atom. The fourth-order valence-corrected chi connectivity index (χ4v) is 1.78. The molecule has 6 heteroatoms. The number of hydrogen-bond donors (Lipinski definition) is 1.